The van der Waals surface area contributed by atoms with Crippen molar-refractivity contribution < 1.29 is 13.2 Å². The Morgan fingerprint density at radius 2 is 1.74 bits per heavy atom. The molecule has 0 aliphatic carbocycles. The third-order valence-corrected chi connectivity index (χ3v) is 2.42. The molecule has 4 nitrogen and oxygen atoms in total. The van der Waals surface area contributed by atoms with Crippen molar-refractivity contribution in [1.82, 2.24) is 9.97 Å². The van der Waals surface area contributed by atoms with Crippen LogP contribution in [0, 0.1) is 0 Å². The van der Waals surface area contributed by atoms with Crippen LogP contribution < -0.4 is 10.6 Å². The zero-order valence-corrected chi connectivity index (χ0v) is 9.99. The first-order valence-corrected chi connectivity index (χ1v) is 5.44. The third kappa shape index (κ3) is 3.12. The van der Waals surface area contributed by atoms with Gasteiger partial charge in [-0.25, -0.2) is 9.97 Å². The lowest BCUT2D eigenvalue weighted by atomic mass is 10.1. The molecule has 100 valence electrons. The van der Waals surface area contributed by atoms with E-state index in [0.29, 0.717) is 5.82 Å². The van der Waals surface area contributed by atoms with Crippen molar-refractivity contribution in [2.45, 2.75) is 6.18 Å². The molecule has 0 bridgehead atoms. The van der Waals surface area contributed by atoms with Gasteiger partial charge in [-0.3, -0.25) is 0 Å². The molecule has 0 atom stereocenters. The van der Waals surface area contributed by atoms with Crippen LogP contribution >= 0.6 is 0 Å². The summed E-state index contributed by atoms with van der Waals surface area (Å²) in [6.07, 6.45) is -3.15. The molecule has 1 aromatic carbocycles. The maximum Gasteiger partial charge on any atom is 0.418 e. The fourth-order valence-corrected chi connectivity index (χ4v) is 1.54. The number of benzene rings is 1. The smallest absolute Gasteiger partial charge is 0.373 e. The summed E-state index contributed by atoms with van der Waals surface area (Å²) in [5.74, 6) is 0.804. The summed E-state index contributed by atoms with van der Waals surface area (Å²) in [4.78, 5) is 7.76. The molecule has 19 heavy (non-hydrogen) atoms. The molecule has 0 amide bonds. The van der Waals surface area contributed by atoms with Crippen molar-refractivity contribution in [1.29, 1.82) is 0 Å². The largest absolute Gasteiger partial charge is 0.418 e. The summed E-state index contributed by atoms with van der Waals surface area (Å²) in [5, 5.41) is 5.43. The van der Waals surface area contributed by atoms with E-state index in [4.69, 9.17) is 0 Å². The lowest BCUT2D eigenvalue weighted by Crippen LogP contribution is -2.09. The number of aromatic nitrogens is 2. The maximum absolute atomic E-state index is 12.8. The molecule has 0 saturated carbocycles. The Labute approximate surface area is 107 Å². The molecule has 2 rings (SSSR count). The van der Waals surface area contributed by atoms with Gasteiger partial charge < -0.3 is 10.6 Å². The van der Waals surface area contributed by atoms with E-state index in [1.165, 1.54) is 30.6 Å². The molecule has 1 heterocycles. The summed E-state index contributed by atoms with van der Waals surface area (Å²) in [6, 6.07) is 6.75. The van der Waals surface area contributed by atoms with Crippen LogP contribution in [0.2, 0.25) is 0 Å². The minimum absolute atomic E-state index is 0.0456. The first-order valence-electron chi connectivity index (χ1n) is 5.44. The zero-order valence-electron chi connectivity index (χ0n) is 9.99. The van der Waals surface area contributed by atoms with Crippen LogP contribution in [0.4, 0.5) is 30.5 Å². The average molecular weight is 268 g/mol. The second-order valence-electron chi connectivity index (χ2n) is 3.71. The van der Waals surface area contributed by atoms with E-state index in [1.54, 1.807) is 7.05 Å². The number of hydrogen-bond donors (Lipinski definition) is 2. The van der Waals surface area contributed by atoms with Gasteiger partial charge in [0.1, 0.15) is 18.0 Å². The van der Waals surface area contributed by atoms with Gasteiger partial charge in [-0.2, -0.15) is 13.2 Å². The van der Waals surface area contributed by atoms with Gasteiger partial charge in [0, 0.05) is 13.1 Å². The molecular formula is C12H11F3N4. The minimum atomic E-state index is -4.41. The van der Waals surface area contributed by atoms with E-state index < -0.39 is 11.7 Å². The molecule has 0 aliphatic rings. The second-order valence-corrected chi connectivity index (χ2v) is 3.71. The summed E-state index contributed by atoms with van der Waals surface area (Å²) < 4.78 is 38.4. The number of anilines is 3. The van der Waals surface area contributed by atoms with Crippen LogP contribution in [0.1, 0.15) is 5.56 Å². The highest BCUT2D eigenvalue weighted by molar-refractivity contribution is 5.63. The average Bonchev–Trinajstić information content (AvgIpc) is 2.38. The number of nitrogens with zero attached hydrogens (tertiary/aromatic N) is 2. The molecule has 0 spiro atoms. The summed E-state index contributed by atoms with van der Waals surface area (Å²) in [6.45, 7) is 0. The van der Waals surface area contributed by atoms with Gasteiger partial charge in [0.25, 0.3) is 0 Å². The Kier molecular flexibility index (Phi) is 3.55. The summed E-state index contributed by atoms with van der Waals surface area (Å²) >= 11 is 0. The second kappa shape index (κ2) is 5.13. The third-order valence-electron chi connectivity index (χ3n) is 2.42. The number of nitrogens with one attached hydrogen (secondary N) is 2. The van der Waals surface area contributed by atoms with Crippen molar-refractivity contribution in [3.05, 3.63) is 42.2 Å². The molecule has 0 fully saturated rings. The number of halogens is 3. The normalized spacial score (nSPS) is 11.2. The molecular weight excluding hydrogens is 257 g/mol. The lowest BCUT2D eigenvalue weighted by molar-refractivity contribution is -0.136. The highest BCUT2D eigenvalue weighted by Gasteiger charge is 2.33. The molecule has 0 radical (unpaired) electrons. The van der Waals surface area contributed by atoms with Crippen LogP contribution in [-0.4, -0.2) is 17.0 Å². The Balaban J connectivity index is 2.33. The van der Waals surface area contributed by atoms with Gasteiger partial charge in [0.15, 0.2) is 0 Å². The van der Waals surface area contributed by atoms with Crippen molar-refractivity contribution in [3.8, 4) is 0 Å². The van der Waals surface area contributed by atoms with E-state index in [0.717, 1.165) is 6.07 Å². The highest BCUT2D eigenvalue weighted by Crippen LogP contribution is 2.35. The fourth-order valence-electron chi connectivity index (χ4n) is 1.54. The summed E-state index contributed by atoms with van der Waals surface area (Å²) in [5.41, 5.74) is -0.782. The van der Waals surface area contributed by atoms with E-state index in [1.807, 2.05) is 0 Å². The monoisotopic (exact) mass is 268 g/mol. The van der Waals surface area contributed by atoms with Crippen molar-refractivity contribution in [2.75, 3.05) is 17.7 Å². The van der Waals surface area contributed by atoms with Crippen molar-refractivity contribution >= 4 is 17.3 Å². The van der Waals surface area contributed by atoms with Crippen molar-refractivity contribution in [3.63, 3.8) is 0 Å². The predicted molar refractivity (Wildman–Crippen MR) is 66.3 cm³/mol. The molecule has 1 aromatic heterocycles. The SMILES string of the molecule is CNc1cc(Nc2ccccc2C(F)(F)F)ncn1. The van der Waals surface area contributed by atoms with Gasteiger partial charge >= 0.3 is 6.18 Å². The Hall–Kier alpha value is -2.31. The quantitative estimate of drug-likeness (QED) is 0.897. The predicted octanol–water partition coefficient (Wildman–Crippen LogP) is 3.28. The molecule has 2 aromatic rings. The Bertz CT molecular complexity index is 569. The van der Waals surface area contributed by atoms with Crippen LogP contribution in [0.25, 0.3) is 0 Å². The fraction of sp³-hybridized carbons (Fsp3) is 0.167. The zero-order chi connectivity index (χ0) is 13.9. The van der Waals surface area contributed by atoms with Crippen LogP contribution in [0.3, 0.4) is 0 Å². The topological polar surface area (TPSA) is 49.8 Å². The van der Waals surface area contributed by atoms with Gasteiger partial charge in [0.05, 0.1) is 11.3 Å². The molecule has 2 N–H and O–H groups in total. The van der Waals surface area contributed by atoms with Crippen molar-refractivity contribution in [2.24, 2.45) is 0 Å². The van der Waals surface area contributed by atoms with Gasteiger partial charge in [0.2, 0.25) is 0 Å². The Morgan fingerprint density at radius 1 is 1.05 bits per heavy atom. The van der Waals surface area contributed by atoms with Gasteiger partial charge in [-0.15, -0.1) is 0 Å². The molecule has 7 heteroatoms. The van der Waals surface area contributed by atoms with E-state index in [2.05, 4.69) is 20.6 Å². The van der Waals surface area contributed by atoms with Crippen LogP contribution in [0.15, 0.2) is 36.7 Å². The minimum Gasteiger partial charge on any atom is -0.373 e. The number of alkyl halides is 3. The Morgan fingerprint density at radius 3 is 2.42 bits per heavy atom. The van der Waals surface area contributed by atoms with Gasteiger partial charge in [-0.05, 0) is 12.1 Å². The molecule has 0 aliphatic heterocycles. The molecule has 0 unspecified atom stereocenters. The number of hydrogen-bond acceptors (Lipinski definition) is 4. The first-order chi connectivity index (χ1) is 9.00. The maximum atomic E-state index is 12.8. The summed E-state index contributed by atoms with van der Waals surface area (Å²) in [7, 11) is 1.66. The first kappa shape index (κ1) is 13.1. The lowest BCUT2D eigenvalue weighted by Gasteiger charge is -2.14. The highest BCUT2D eigenvalue weighted by atomic mass is 19.4. The number of para-hydroxylation sites is 1. The number of rotatable bonds is 3. The van der Waals surface area contributed by atoms with Crippen LogP contribution in [-0.2, 0) is 6.18 Å². The standard InChI is InChI=1S/C12H11F3N4/c1-16-10-6-11(18-7-17-10)19-9-5-3-2-4-8(9)12(13,14)15/h2-7H,1H3,(H2,16,17,18,19). The van der Waals surface area contributed by atoms with E-state index in [-0.39, 0.29) is 11.5 Å². The van der Waals surface area contributed by atoms with Crippen LogP contribution in [0.5, 0.6) is 0 Å². The van der Waals surface area contributed by atoms with E-state index >= 15 is 0 Å². The van der Waals surface area contributed by atoms with E-state index in [9.17, 15) is 13.2 Å². The van der Waals surface area contributed by atoms with Gasteiger partial charge in [-0.1, -0.05) is 12.1 Å². The molecule has 0 saturated heterocycles.